The first kappa shape index (κ1) is 11.9. The van der Waals surface area contributed by atoms with Crippen molar-refractivity contribution in [2.24, 2.45) is 0 Å². The third kappa shape index (κ3) is 2.39. The van der Waals surface area contributed by atoms with E-state index in [4.69, 9.17) is 5.73 Å². The summed E-state index contributed by atoms with van der Waals surface area (Å²) in [5, 5.41) is 1.98. The van der Waals surface area contributed by atoms with Gasteiger partial charge in [-0.05, 0) is 49.4 Å². The highest BCUT2D eigenvalue weighted by Gasteiger charge is 2.06. The number of nitrogens with zero attached hydrogens (tertiary/aromatic N) is 1. The van der Waals surface area contributed by atoms with Crippen LogP contribution >= 0.6 is 43.2 Å². The Morgan fingerprint density at radius 1 is 1.38 bits per heavy atom. The molecule has 0 unspecified atom stereocenters. The largest absolute Gasteiger partial charge is 0.398 e. The average molecular weight is 364 g/mol. The standard InChI is InChI=1S/C10H8Br2N2OS/c11-7-1-2-16-9(7)5-14-4-6(13)3-8(12)10(14)15/h1-4H,5,13H2. The minimum Gasteiger partial charge on any atom is -0.398 e. The summed E-state index contributed by atoms with van der Waals surface area (Å²) in [6.07, 6.45) is 1.65. The van der Waals surface area contributed by atoms with Gasteiger partial charge in [-0.1, -0.05) is 0 Å². The van der Waals surface area contributed by atoms with E-state index in [2.05, 4.69) is 31.9 Å². The van der Waals surface area contributed by atoms with Crippen molar-refractivity contribution in [3.8, 4) is 0 Å². The normalized spacial score (nSPS) is 10.6. The SMILES string of the molecule is Nc1cc(Br)c(=O)n(Cc2sccc2Br)c1. The predicted octanol–water partition coefficient (Wildman–Crippen LogP) is 3.07. The van der Waals surface area contributed by atoms with E-state index in [-0.39, 0.29) is 5.56 Å². The zero-order valence-electron chi connectivity index (χ0n) is 8.11. The molecule has 0 saturated heterocycles. The molecule has 0 fully saturated rings. The second-order valence-electron chi connectivity index (χ2n) is 3.25. The lowest BCUT2D eigenvalue weighted by molar-refractivity contribution is 0.765. The smallest absolute Gasteiger partial charge is 0.265 e. The molecule has 0 amide bonds. The highest BCUT2D eigenvalue weighted by molar-refractivity contribution is 9.10. The second kappa shape index (κ2) is 4.73. The van der Waals surface area contributed by atoms with Gasteiger partial charge in [0.2, 0.25) is 0 Å². The highest BCUT2D eigenvalue weighted by atomic mass is 79.9. The molecule has 3 nitrogen and oxygen atoms in total. The molecular formula is C10H8Br2N2OS. The Morgan fingerprint density at radius 3 is 2.75 bits per heavy atom. The molecule has 0 atom stereocenters. The van der Waals surface area contributed by atoms with Gasteiger partial charge in [-0.15, -0.1) is 11.3 Å². The number of anilines is 1. The topological polar surface area (TPSA) is 48.0 Å². The third-order valence-corrected chi connectivity index (χ3v) is 4.55. The predicted molar refractivity (Wildman–Crippen MR) is 73.9 cm³/mol. The molecule has 0 bridgehead atoms. The lowest BCUT2D eigenvalue weighted by Crippen LogP contribution is -2.21. The monoisotopic (exact) mass is 362 g/mol. The molecule has 2 heterocycles. The van der Waals surface area contributed by atoms with E-state index >= 15 is 0 Å². The summed E-state index contributed by atoms with van der Waals surface area (Å²) in [5.41, 5.74) is 6.19. The fraction of sp³-hybridized carbons (Fsp3) is 0.100. The Bertz CT molecular complexity index is 576. The van der Waals surface area contributed by atoms with E-state index in [9.17, 15) is 4.79 Å². The van der Waals surface area contributed by atoms with Gasteiger partial charge in [0.25, 0.3) is 5.56 Å². The number of hydrogen-bond donors (Lipinski definition) is 1. The van der Waals surface area contributed by atoms with Crippen LogP contribution in [0.4, 0.5) is 5.69 Å². The molecule has 2 aromatic rings. The van der Waals surface area contributed by atoms with Crippen molar-refractivity contribution in [3.63, 3.8) is 0 Å². The first-order chi connectivity index (χ1) is 7.58. The molecule has 2 aromatic heterocycles. The number of hydrogen-bond acceptors (Lipinski definition) is 3. The molecule has 0 aliphatic heterocycles. The fourth-order valence-electron chi connectivity index (χ4n) is 1.33. The zero-order chi connectivity index (χ0) is 11.7. The van der Waals surface area contributed by atoms with Gasteiger partial charge in [0, 0.05) is 21.2 Å². The average Bonchev–Trinajstić information content (AvgIpc) is 2.60. The first-order valence-corrected chi connectivity index (χ1v) is 6.92. The van der Waals surface area contributed by atoms with E-state index < -0.39 is 0 Å². The van der Waals surface area contributed by atoms with Gasteiger partial charge in [-0.25, -0.2) is 0 Å². The second-order valence-corrected chi connectivity index (χ2v) is 5.96. The Kier molecular flexibility index (Phi) is 3.51. The molecule has 0 saturated carbocycles. The number of nitrogens with two attached hydrogens (primary N) is 1. The lowest BCUT2D eigenvalue weighted by atomic mass is 10.4. The Labute approximate surface area is 113 Å². The number of thiophene rings is 1. The van der Waals surface area contributed by atoms with Crippen molar-refractivity contribution in [2.75, 3.05) is 5.73 Å². The van der Waals surface area contributed by atoms with E-state index in [1.807, 2.05) is 11.4 Å². The van der Waals surface area contributed by atoms with Crippen LogP contribution < -0.4 is 11.3 Å². The van der Waals surface area contributed by atoms with Crippen LogP contribution in [0.25, 0.3) is 0 Å². The molecule has 0 aromatic carbocycles. The van der Waals surface area contributed by atoms with Gasteiger partial charge >= 0.3 is 0 Å². The van der Waals surface area contributed by atoms with Crippen LogP contribution in [0.15, 0.2) is 37.4 Å². The number of pyridine rings is 1. The van der Waals surface area contributed by atoms with Gasteiger partial charge in [-0.3, -0.25) is 4.79 Å². The van der Waals surface area contributed by atoms with Crippen molar-refractivity contribution >= 4 is 48.9 Å². The van der Waals surface area contributed by atoms with Crippen LogP contribution in [0, 0.1) is 0 Å². The maximum Gasteiger partial charge on any atom is 0.265 e. The van der Waals surface area contributed by atoms with Gasteiger partial charge in [0.1, 0.15) is 0 Å². The highest BCUT2D eigenvalue weighted by Crippen LogP contribution is 2.23. The van der Waals surface area contributed by atoms with E-state index in [1.165, 1.54) is 0 Å². The lowest BCUT2D eigenvalue weighted by Gasteiger charge is -2.06. The summed E-state index contributed by atoms with van der Waals surface area (Å²) < 4.78 is 3.10. The molecule has 0 spiro atoms. The molecule has 6 heteroatoms. The Hall–Kier alpha value is -0.590. The number of nitrogen functional groups attached to an aromatic ring is 1. The van der Waals surface area contributed by atoms with Crippen molar-refractivity contribution in [2.45, 2.75) is 6.54 Å². The number of aromatic nitrogens is 1. The van der Waals surface area contributed by atoms with Crippen molar-refractivity contribution < 1.29 is 0 Å². The molecular weight excluding hydrogens is 356 g/mol. The van der Waals surface area contributed by atoms with Gasteiger partial charge in [0.05, 0.1) is 11.0 Å². The molecule has 16 heavy (non-hydrogen) atoms. The van der Waals surface area contributed by atoms with Crippen molar-refractivity contribution in [1.29, 1.82) is 0 Å². The third-order valence-electron chi connectivity index (χ3n) is 2.07. The summed E-state index contributed by atoms with van der Waals surface area (Å²) in [5.74, 6) is 0. The summed E-state index contributed by atoms with van der Waals surface area (Å²) in [6, 6.07) is 3.58. The molecule has 0 aliphatic rings. The Balaban J connectivity index is 2.43. The van der Waals surface area contributed by atoms with E-state index in [1.54, 1.807) is 28.2 Å². The number of halogens is 2. The van der Waals surface area contributed by atoms with Gasteiger partial charge in [-0.2, -0.15) is 0 Å². The van der Waals surface area contributed by atoms with Gasteiger partial charge in [0.15, 0.2) is 0 Å². The molecule has 2 rings (SSSR count). The van der Waals surface area contributed by atoms with E-state index in [0.29, 0.717) is 16.7 Å². The Morgan fingerprint density at radius 2 is 2.12 bits per heavy atom. The fourth-order valence-corrected chi connectivity index (χ4v) is 3.30. The quantitative estimate of drug-likeness (QED) is 0.891. The molecule has 0 aliphatic carbocycles. The zero-order valence-corrected chi connectivity index (χ0v) is 12.1. The van der Waals surface area contributed by atoms with E-state index in [0.717, 1.165) is 9.35 Å². The number of rotatable bonds is 2. The van der Waals surface area contributed by atoms with Gasteiger partial charge < -0.3 is 10.3 Å². The van der Waals surface area contributed by atoms with Crippen LogP contribution in [-0.2, 0) is 6.54 Å². The first-order valence-electron chi connectivity index (χ1n) is 4.45. The molecule has 2 N–H and O–H groups in total. The van der Waals surface area contributed by atoms with Crippen LogP contribution in [0.5, 0.6) is 0 Å². The summed E-state index contributed by atoms with van der Waals surface area (Å²) in [4.78, 5) is 12.9. The summed E-state index contributed by atoms with van der Waals surface area (Å²) in [6.45, 7) is 0.528. The van der Waals surface area contributed by atoms with Crippen molar-refractivity contribution in [3.05, 3.63) is 47.9 Å². The molecule has 0 radical (unpaired) electrons. The van der Waals surface area contributed by atoms with Crippen LogP contribution in [0.3, 0.4) is 0 Å². The maximum atomic E-state index is 11.8. The van der Waals surface area contributed by atoms with Crippen molar-refractivity contribution in [1.82, 2.24) is 4.57 Å². The van der Waals surface area contributed by atoms with Crippen LogP contribution in [-0.4, -0.2) is 4.57 Å². The minimum absolute atomic E-state index is 0.0745. The molecule has 84 valence electrons. The van der Waals surface area contributed by atoms with Crippen LogP contribution in [0.1, 0.15) is 4.88 Å². The summed E-state index contributed by atoms with van der Waals surface area (Å²) in [7, 11) is 0. The summed E-state index contributed by atoms with van der Waals surface area (Å²) >= 11 is 8.24. The minimum atomic E-state index is -0.0745. The maximum absolute atomic E-state index is 11.8. The van der Waals surface area contributed by atoms with Crippen LogP contribution in [0.2, 0.25) is 0 Å².